The molecular formula is C16H19ClN4O. The summed E-state index contributed by atoms with van der Waals surface area (Å²) in [5.41, 5.74) is 2.71. The van der Waals surface area contributed by atoms with Crippen molar-refractivity contribution in [1.82, 2.24) is 14.7 Å². The maximum Gasteiger partial charge on any atom is 0.257 e. The van der Waals surface area contributed by atoms with Crippen LogP contribution in [-0.2, 0) is 7.05 Å². The Bertz CT molecular complexity index is 689. The molecule has 1 aliphatic rings. The van der Waals surface area contributed by atoms with E-state index in [9.17, 15) is 4.79 Å². The number of aromatic nitrogens is 2. The Morgan fingerprint density at radius 1 is 1.23 bits per heavy atom. The van der Waals surface area contributed by atoms with Gasteiger partial charge in [0, 0.05) is 49.6 Å². The average Bonchev–Trinajstić information content (AvgIpc) is 2.86. The van der Waals surface area contributed by atoms with E-state index in [1.807, 2.05) is 37.1 Å². The zero-order chi connectivity index (χ0) is 15.7. The van der Waals surface area contributed by atoms with Crippen LogP contribution in [-0.4, -0.2) is 46.8 Å². The first-order chi connectivity index (χ1) is 10.6. The SMILES string of the molecule is Cc1c(C(=O)N2CCN(c3cccc(Cl)c3)CC2)cnn1C. The van der Waals surface area contributed by atoms with Crippen molar-refractivity contribution in [2.24, 2.45) is 7.05 Å². The van der Waals surface area contributed by atoms with Gasteiger partial charge in [-0.15, -0.1) is 0 Å². The van der Waals surface area contributed by atoms with Crippen molar-refractivity contribution in [3.05, 3.63) is 46.7 Å². The molecule has 0 aliphatic carbocycles. The van der Waals surface area contributed by atoms with E-state index in [0.717, 1.165) is 29.5 Å². The highest BCUT2D eigenvalue weighted by Crippen LogP contribution is 2.21. The Morgan fingerprint density at radius 3 is 2.55 bits per heavy atom. The van der Waals surface area contributed by atoms with Crippen LogP contribution in [0.3, 0.4) is 0 Å². The van der Waals surface area contributed by atoms with Crippen molar-refractivity contribution in [2.75, 3.05) is 31.1 Å². The van der Waals surface area contributed by atoms with Gasteiger partial charge in [0.15, 0.2) is 0 Å². The summed E-state index contributed by atoms with van der Waals surface area (Å²) in [5.74, 6) is 0.0661. The van der Waals surface area contributed by atoms with E-state index < -0.39 is 0 Å². The maximum atomic E-state index is 12.6. The number of halogens is 1. The Balaban J connectivity index is 1.67. The molecule has 0 saturated carbocycles. The number of hydrogen-bond acceptors (Lipinski definition) is 3. The van der Waals surface area contributed by atoms with Crippen LogP contribution < -0.4 is 4.90 Å². The molecule has 0 spiro atoms. The number of rotatable bonds is 2. The van der Waals surface area contributed by atoms with Crippen LogP contribution >= 0.6 is 11.6 Å². The average molecular weight is 319 g/mol. The van der Waals surface area contributed by atoms with E-state index in [0.29, 0.717) is 18.7 Å². The third-order valence-electron chi connectivity index (χ3n) is 4.21. The molecule has 1 fully saturated rings. The van der Waals surface area contributed by atoms with E-state index in [4.69, 9.17) is 11.6 Å². The van der Waals surface area contributed by atoms with Crippen LogP contribution in [0.2, 0.25) is 5.02 Å². The number of carbonyl (C=O) groups excluding carboxylic acids is 1. The Kier molecular flexibility index (Phi) is 4.07. The number of anilines is 1. The molecule has 2 heterocycles. The molecule has 1 aromatic carbocycles. The van der Waals surface area contributed by atoms with E-state index >= 15 is 0 Å². The summed E-state index contributed by atoms with van der Waals surface area (Å²) >= 11 is 6.04. The van der Waals surface area contributed by atoms with Crippen molar-refractivity contribution in [1.29, 1.82) is 0 Å². The second-order valence-corrected chi connectivity index (χ2v) is 5.96. The second-order valence-electron chi connectivity index (χ2n) is 5.53. The summed E-state index contributed by atoms with van der Waals surface area (Å²) < 4.78 is 1.73. The highest BCUT2D eigenvalue weighted by Gasteiger charge is 2.24. The fourth-order valence-corrected chi connectivity index (χ4v) is 2.90. The summed E-state index contributed by atoms with van der Waals surface area (Å²) in [7, 11) is 1.85. The van der Waals surface area contributed by atoms with Gasteiger partial charge in [-0.2, -0.15) is 5.10 Å². The minimum Gasteiger partial charge on any atom is -0.368 e. The molecule has 0 atom stereocenters. The van der Waals surface area contributed by atoms with Crippen molar-refractivity contribution in [3.63, 3.8) is 0 Å². The summed E-state index contributed by atoms with van der Waals surface area (Å²) in [4.78, 5) is 16.7. The van der Waals surface area contributed by atoms with E-state index in [1.165, 1.54) is 0 Å². The van der Waals surface area contributed by atoms with Gasteiger partial charge in [0.1, 0.15) is 0 Å². The number of aryl methyl sites for hydroxylation is 1. The van der Waals surface area contributed by atoms with Crippen LogP contribution in [0.4, 0.5) is 5.69 Å². The lowest BCUT2D eigenvalue weighted by atomic mass is 10.2. The smallest absolute Gasteiger partial charge is 0.257 e. The quantitative estimate of drug-likeness (QED) is 0.853. The van der Waals surface area contributed by atoms with Gasteiger partial charge in [-0.05, 0) is 25.1 Å². The van der Waals surface area contributed by atoms with E-state index in [2.05, 4.69) is 16.1 Å². The molecule has 22 heavy (non-hydrogen) atoms. The van der Waals surface area contributed by atoms with Crippen molar-refractivity contribution >= 4 is 23.2 Å². The molecule has 2 aromatic rings. The maximum absolute atomic E-state index is 12.6. The number of hydrogen-bond donors (Lipinski definition) is 0. The van der Waals surface area contributed by atoms with Crippen LogP contribution in [0.5, 0.6) is 0 Å². The number of nitrogens with zero attached hydrogens (tertiary/aromatic N) is 4. The molecular weight excluding hydrogens is 300 g/mol. The van der Waals surface area contributed by atoms with Crippen molar-refractivity contribution < 1.29 is 4.79 Å². The van der Waals surface area contributed by atoms with Gasteiger partial charge in [0.25, 0.3) is 5.91 Å². The highest BCUT2D eigenvalue weighted by molar-refractivity contribution is 6.30. The Hall–Kier alpha value is -2.01. The van der Waals surface area contributed by atoms with E-state index in [1.54, 1.807) is 10.9 Å². The number of benzene rings is 1. The first-order valence-electron chi connectivity index (χ1n) is 7.34. The Morgan fingerprint density at radius 2 is 1.95 bits per heavy atom. The second kappa shape index (κ2) is 6.01. The van der Waals surface area contributed by atoms with Crippen molar-refractivity contribution in [2.45, 2.75) is 6.92 Å². The summed E-state index contributed by atoms with van der Waals surface area (Å²) in [6.45, 7) is 4.96. The molecule has 0 unspecified atom stereocenters. The van der Waals surface area contributed by atoms with Crippen molar-refractivity contribution in [3.8, 4) is 0 Å². The van der Waals surface area contributed by atoms with Gasteiger partial charge in [0.2, 0.25) is 0 Å². The molecule has 0 radical (unpaired) electrons. The van der Waals surface area contributed by atoms with Gasteiger partial charge in [-0.1, -0.05) is 17.7 Å². The van der Waals surface area contributed by atoms with E-state index in [-0.39, 0.29) is 5.91 Å². The standard InChI is InChI=1S/C16H19ClN4O/c1-12-15(11-18-19(12)2)16(22)21-8-6-20(7-9-21)14-5-3-4-13(17)10-14/h3-5,10-11H,6-9H2,1-2H3. The molecule has 1 amide bonds. The molecule has 1 aromatic heterocycles. The molecule has 3 rings (SSSR count). The summed E-state index contributed by atoms with van der Waals surface area (Å²) in [6, 6.07) is 7.84. The number of amides is 1. The molecule has 1 saturated heterocycles. The molecule has 5 nitrogen and oxygen atoms in total. The van der Waals surface area contributed by atoms with Gasteiger partial charge >= 0.3 is 0 Å². The predicted molar refractivity (Wildman–Crippen MR) is 87.5 cm³/mol. The fraction of sp³-hybridized carbons (Fsp3) is 0.375. The molecule has 116 valence electrons. The third kappa shape index (κ3) is 2.81. The van der Waals surface area contributed by atoms with Gasteiger partial charge in [0.05, 0.1) is 11.8 Å². The molecule has 6 heteroatoms. The van der Waals surface area contributed by atoms with Crippen LogP contribution in [0.1, 0.15) is 16.1 Å². The van der Waals surface area contributed by atoms with Gasteiger partial charge in [-0.3, -0.25) is 9.48 Å². The lowest BCUT2D eigenvalue weighted by Crippen LogP contribution is -2.48. The van der Waals surface area contributed by atoms with Gasteiger partial charge < -0.3 is 9.80 Å². The molecule has 1 aliphatic heterocycles. The topological polar surface area (TPSA) is 41.4 Å². The van der Waals surface area contributed by atoms with Crippen LogP contribution in [0.15, 0.2) is 30.5 Å². The zero-order valence-electron chi connectivity index (χ0n) is 12.8. The fourth-order valence-electron chi connectivity index (χ4n) is 2.72. The lowest BCUT2D eigenvalue weighted by Gasteiger charge is -2.36. The Labute approximate surface area is 135 Å². The lowest BCUT2D eigenvalue weighted by molar-refractivity contribution is 0.0746. The number of piperazine rings is 1. The third-order valence-corrected chi connectivity index (χ3v) is 4.44. The zero-order valence-corrected chi connectivity index (χ0v) is 13.5. The summed E-state index contributed by atoms with van der Waals surface area (Å²) in [6.07, 6.45) is 1.65. The minimum atomic E-state index is 0.0661. The highest BCUT2D eigenvalue weighted by atomic mass is 35.5. The molecule has 0 bridgehead atoms. The van der Waals surface area contributed by atoms with Crippen LogP contribution in [0, 0.1) is 6.92 Å². The minimum absolute atomic E-state index is 0.0661. The first-order valence-corrected chi connectivity index (χ1v) is 7.72. The van der Waals surface area contributed by atoms with Gasteiger partial charge in [-0.25, -0.2) is 0 Å². The first kappa shape index (κ1) is 14.9. The monoisotopic (exact) mass is 318 g/mol. The largest absolute Gasteiger partial charge is 0.368 e. The summed E-state index contributed by atoms with van der Waals surface area (Å²) in [5, 5.41) is 4.89. The normalized spacial score (nSPS) is 15.2. The number of carbonyl (C=O) groups is 1. The predicted octanol–water partition coefficient (Wildman–Crippen LogP) is 2.34. The van der Waals surface area contributed by atoms with Crippen LogP contribution in [0.25, 0.3) is 0 Å². The molecule has 0 N–H and O–H groups in total.